The molecule has 0 radical (unpaired) electrons. The zero-order valence-electron chi connectivity index (χ0n) is 12.0. The van der Waals surface area contributed by atoms with E-state index in [1.807, 2.05) is 36.9 Å². The van der Waals surface area contributed by atoms with Crippen LogP contribution in [0.1, 0.15) is 6.42 Å². The molecule has 0 atom stereocenters. The number of rotatable bonds is 6. The second-order valence-electron chi connectivity index (χ2n) is 4.96. The van der Waals surface area contributed by atoms with Gasteiger partial charge in [0.2, 0.25) is 0 Å². The monoisotopic (exact) mass is 298 g/mol. The Morgan fingerprint density at radius 2 is 2.10 bits per heavy atom. The fraction of sp³-hybridized carbons (Fsp3) is 0.250. The van der Waals surface area contributed by atoms with Crippen LogP contribution in [0.2, 0.25) is 0 Å². The SMILES string of the molecule is CN(CCCn1ccnc1)c1nc(-c2ccccc2)cs1. The summed E-state index contributed by atoms with van der Waals surface area (Å²) in [4.78, 5) is 11.0. The summed E-state index contributed by atoms with van der Waals surface area (Å²) in [7, 11) is 2.10. The quantitative estimate of drug-likeness (QED) is 0.698. The van der Waals surface area contributed by atoms with E-state index in [0.29, 0.717) is 0 Å². The lowest BCUT2D eigenvalue weighted by Crippen LogP contribution is -2.19. The first-order valence-electron chi connectivity index (χ1n) is 7.01. The van der Waals surface area contributed by atoms with Crippen LogP contribution in [0.15, 0.2) is 54.4 Å². The summed E-state index contributed by atoms with van der Waals surface area (Å²) < 4.78 is 2.10. The van der Waals surface area contributed by atoms with Crippen LogP contribution in [-0.2, 0) is 6.54 Å². The number of hydrogen-bond acceptors (Lipinski definition) is 4. The molecule has 2 aromatic heterocycles. The number of thiazole rings is 1. The van der Waals surface area contributed by atoms with Gasteiger partial charge in [0.1, 0.15) is 0 Å². The molecule has 0 N–H and O–H groups in total. The van der Waals surface area contributed by atoms with E-state index in [1.165, 1.54) is 5.56 Å². The van der Waals surface area contributed by atoms with Crippen molar-refractivity contribution in [3.05, 3.63) is 54.4 Å². The summed E-state index contributed by atoms with van der Waals surface area (Å²) in [5.74, 6) is 0. The number of aryl methyl sites for hydroxylation is 1. The molecule has 0 aliphatic heterocycles. The molecule has 21 heavy (non-hydrogen) atoms. The average Bonchev–Trinajstić information content (AvgIpc) is 3.20. The van der Waals surface area contributed by atoms with E-state index < -0.39 is 0 Å². The van der Waals surface area contributed by atoms with Crippen molar-refractivity contribution in [2.24, 2.45) is 0 Å². The number of benzene rings is 1. The third-order valence-corrected chi connectivity index (χ3v) is 4.31. The van der Waals surface area contributed by atoms with Gasteiger partial charge in [-0.25, -0.2) is 9.97 Å². The Kier molecular flexibility index (Phi) is 4.31. The number of aromatic nitrogens is 3. The van der Waals surface area contributed by atoms with Gasteiger partial charge < -0.3 is 9.47 Å². The van der Waals surface area contributed by atoms with Crippen LogP contribution in [0.4, 0.5) is 5.13 Å². The van der Waals surface area contributed by atoms with Crippen molar-refractivity contribution in [3.8, 4) is 11.3 Å². The highest BCUT2D eigenvalue weighted by atomic mass is 32.1. The lowest BCUT2D eigenvalue weighted by molar-refractivity contribution is 0.637. The summed E-state index contributed by atoms with van der Waals surface area (Å²) in [6, 6.07) is 10.3. The van der Waals surface area contributed by atoms with E-state index in [4.69, 9.17) is 4.98 Å². The van der Waals surface area contributed by atoms with Crippen LogP contribution in [-0.4, -0.2) is 28.1 Å². The Labute approximate surface area is 128 Å². The number of nitrogens with zero attached hydrogens (tertiary/aromatic N) is 4. The first-order valence-corrected chi connectivity index (χ1v) is 7.89. The van der Waals surface area contributed by atoms with Gasteiger partial charge in [0, 0.05) is 43.5 Å². The van der Waals surface area contributed by atoms with Crippen LogP contribution < -0.4 is 4.90 Å². The minimum absolute atomic E-state index is 0.986. The highest BCUT2D eigenvalue weighted by Gasteiger charge is 2.08. The molecule has 0 unspecified atom stereocenters. The highest BCUT2D eigenvalue weighted by Crippen LogP contribution is 2.26. The predicted molar refractivity (Wildman–Crippen MR) is 87.7 cm³/mol. The van der Waals surface area contributed by atoms with Gasteiger partial charge in [0.05, 0.1) is 12.0 Å². The zero-order valence-corrected chi connectivity index (χ0v) is 12.8. The molecule has 0 saturated carbocycles. The first kappa shape index (κ1) is 13.8. The van der Waals surface area contributed by atoms with Crippen molar-refractivity contribution >= 4 is 16.5 Å². The topological polar surface area (TPSA) is 34.0 Å². The van der Waals surface area contributed by atoms with E-state index in [9.17, 15) is 0 Å². The molecule has 0 amide bonds. The summed E-state index contributed by atoms with van der Waals surface area (Å²) in [5.41, 5.74) is 2.23. The van der Waals surface area contributed by atoms with Crippen LogP contribution in [0.25, 0.3) is 11.3 Å². The highest BCUT2D eigenvalue weighted by molar-refractivity contribution is 7.14. The van der Waals surface area contributed by atoms with Gasteiger partial charge in [-0.1, -0.05) is 30.3 Å². The molecular formula is C16H18N4S. The molecule has 4 nitrogen and oxygen atoms in total. The zero-order chi connectivity index (χ0) is 14.5. The molecule has 3 aromatic rings. The summed E-state index contributed by atoms with van der Waals surface area (Å²) in [5, 5.41) is 3.19. The van der Waals surface area contributed by atoms with E-state index in [-0.39, 0.29) is 0 Å². The molecule has 0 fully saturated rings. The van der Waals surface area contributed by atoms with Crippen LogP contribution in [0.5, 0.6) is 0 Å². The van der Waals surface area contributed by atoms with Gasteiger partial charge in [-0.15, -0.1) is 11.3 Å². The molecular weight excluding hydrogens is 280 g/mol. The maximum Gasteiger partial charge on any atom is 0.185 e. The van der Waals surface area contributed by atoms with Gasteiger partial charge in [-0.2, -0.15) is 0 Å². The molecule has 2 heterocycles. The van der Waals surface area contributed by atoms with Gasteiger partial charge >= 0.3 is 0 Å². The van der Waals surface area contributed by atoms with E-state index in [2.05, 4.69) is 39.0 Å². The Bertz CT molecular complexity index is 661. The first-order chi connectivity index (χ1) is 10.3. The van der Waals surface area contributed by atoms with Gasteiger partial charge in [-0.3, -0.25) is 0 Å². The van der Waals surface area contributed by atoms with Crippen molar-refractivity contribution in [2.45, 2.75) is 13.0 Å². The fourth-order valence-corrected chi connectivity index (χ4v) is 3.01. The second kappa shape index (κ2) is 6.54. The van der Waals surface area contributed by atoms with E-state index in [0.717, 1.165) is 30.3 Å². The van der Waals surface area contributed by atoms with Crippen molar-refractivity contribution in [3.63, 3.8) is 0 Å². The minimum Gasteiger partial charge on any atom is -0.351 e. The van der Waals surface area contributed by atoms with Crippen molar-refractivity contribution in [1.29, 1.82) is 0 Å². The fourth-order valence-electron chi connectivity index (χ4n) is 2.19. The Morgan fingerprint density at radius 1 is 1.24 bits per heavy atom. The minimum atomic E-state index is 0.986. The molecule has 1 aromatic carbocycles. The molecule has 5 heteroatoms. The third kappa shape index (κ3) is 3.49. The molecule has 0 bridgehead atoms. The third-order valence-electron chi connectivity index (χ3n) is 3.36. The summed E-state index contributed by atoms with van der Waals surface area (Å²) >= 11 is 1.70. The standard InChI is InChI=1S/C16H18N4S/c1-19(9-5-10-20-11-8-17-13-20)16-18-15(12-21-16)14-6-3-2-4-7-14/h2-4,6-8,11-13H,5,9-10H2,1H3. The molecule has 0 saturated heterocycles. The Hall–Kier alpha value is -2.14. The second-order valence-corrected chi connectivity index (χ2v) is 5.79. The van der Waals surface area contributed by atoms with Crippen LogP contribution in [0, 0.1) is 0 Å². The van der Waals surface area contributed by atoms with Gasteiger partial charge in [0.25, 0.3) is 0 Å². The van der Waals surface area contributed by atoms with Gasteiger partial charge in [-0.05, 0) is 6.42 Å². The largest absolute Gasteiger partial charge is 0.351 e. The predicted octanol–water partition coefficient (Wildman–Crippen LogP) is 3.53. The molecule has 0 aliphatic carbocycles. The number of hydrogen-bond donors (Lipinski definition) is 0. The maximum atomic E-state index is 4.72. The lowest BCUT2D eigenvalue weighted by Gasteiger charge is -2.15. The van der Waals surface area contributed by atoms with Crippen LogP contribution >= 0.6 is 11.3 Å². The van der Waals surface area contributed by atoms with Crippen molar-refractivity contribution < 1.29 is 0 Å². The molecule has 108 valence electrons. The lowest BCUT2D eigenvalue weighted by atomic mass is 10.2. The van der Waals surface area contributed by atoms with Crippen molar-refractivity contribution in [2.75, 3.05) is 18.5 Å². The smallest absolute Gasteiger partial charge is 0.185 e. The van der Waals surface area contributed by atoms with Gasteiger partial charge in [0.15, 0.2) is 5.13 Å². The van der Waals surface area contributed by atoms with E-state index >= 15 is 0 Å². The Morgan fingerprint density at radius 3 is 2.86 bits per heavy atom. The van der Waals surface area contributed by atoms with Crippen LogP contribution in [0.3, 0.4) is 0 Å². The average molecular weight is 298 g/mol. The van der Waals surface area contributed by atoms with Crippen molar-refractivity contribution in [1.82, 2.24) is 14.5 Å². The molecule has 0 spiro atoms. The number of imidazole rings is 1. The molecule has 3 rings (SSSR count). The molecule has 0 aliphatic rings. The Balaban J connectivity index is 1.58. The maximum absolute atomic E-state index is 4.72. The summed E-state index contributed by atoms with van der Waals surface area (Å²) in [6.45, 7) is 1.97. The summed E-state index contributed by atoms with van der Waals surface area (Å²) in [6.07, 6.45) is 6.75. The normalized spacial score (nSPS) is 10.7. The van der Waals surface area contributed by atoms with E-state index in [1.54, 1.807) is 11.3 Å². The number of anilines is 1.